The summed E-state index contributed by atoms with van der Waals surface area (Å²) in [5, 5.41) is 3.15. The van der Waals surface area contributed by atoms with Gasteiger partial charge in [-0.3, -0.25) is 14.6 Å². The van der Waals surface area contributed by atoms with E-state index in [2.05, 4.69) is 10.3 Å². The molecule has 0 radical (unpaired) electrons. The standard InChI is InChI=1S/C21H25N3O3/c1-15(25)24-12-9-16(10-13-24)21(26)23-20(19-8-3-4-11-22-19)17-6-5-7-18(14-17)27-2/h3-8,11,14,16,20H,9-10,12-13H2,1-2H3,(H,23,26). The zero-order valence-electron chi connectivity index (χ0n) is 15.7. The first-order valence-electron chi connectivity index (χ1n) is 9.19. The third-order valence-electron chi connectivity index (χ3n) is 5.01. The minimum Gasteiger partial charge on any atom is -0.497 e. The van der Waals surface area contributed by atoms with Crippen molar-refractivity contribution >= 4 is 11.8 Å². The Kier molecular flexibility index (Phi) is 6.06. The molecule has 1 aliphatic rings. The number of rotatable bonds is 5. The second-order valence-corrected chi connectivity index (χ2v) is 6.75. The molecule has 2 aromatic rings. The molecular weight excluding hydrogens is 342 g/mol. The number of nitrogens with zero attached hydrogens (tertiary/aromatic N) is 2. The third-order valence-corrected chi connectivity index (χ3v) is 5.01. The highest BCUT2D eigenvalue weighted by Crippen LogP contribution is 2.26. The van der Waals surface area contributed by atoms with Crippen LogP contribution in [0.15, 0.2) is 48.7 Å². The fourth-order valence-corrected chi connectivity index (χ4v) is 3.41. The fourth-order valence-electron chi connectivity index (χ4n) is 3.41. The minimum atomic E-state index is -0.348. The molecule has 2 heterocycles. The Morgan fingerprint density at radius 2 is 1.96 bits per heavy atom. The topological polar surface area (TPSA) is 71.5 Å². The van der Waals surface area contributed by atoms with Gasteiger partial charge in [-0.05, 0) is 42.7 Å². The predicted octanol–water partition coefficient (Wildman–Crippen LogP) is 2.55. The molecule has 0 bridgehead atoms. The zero-order valence-corrected chi connectivity index (χ0v) is 15.7. The summed E-state index contributed by atoms with van der Waals surface area (Å²) in [6, 6.07) is 13.0. The lowest BCUT2D eigenvalue weighted by Crippen LogP contribution is -2.43. The summed E-state index contributed by atoms with van der Waals surface area (Å²) in [7, 11) is 1.62. The monoisotopic (exact) mass is 367 g/mol. The first kappa shape index (κ1) is 18.9. The van der Waals surface area contributed by atoms with Gasteiger partial charge in [0.25, 0.3) is 0 Å². The van der Waals surface area contributed by atoms with Crippen LogP contribution in [0.1, 0.15) is 37.1 Å². The number of benzene rings is 1. The van der Waals surface area contributed by atoms with Crippen LogP contribution in [-0.4, -0.2) is 41.9 Å². The molecule has 6 nitrogen and oxygen atoms in total. The highest BCUT2D eigenvalue weighted by atomic mass is 16.5. The number of pyridine rings is 1. The van der Waals surface area contributed by atoms with E-state index in [1.807, 2.05) is 42.5 Å². The lowest BCUT2D eigenvalue weighted by atomic mass is 9.94. The number of nitrogens with one attached hydrogen (secondary N) is 1. The Hall–Kier alpha value is -2.89. The van der Waals surface area contributed by atoms with E-state index >= 15 is 0 Å². The maximum absolute atomic E-state index is 12.9. The van der Waals surface area contributed by atoms with Gasteiger partial charge in [-0.2, -0.15) is 0 Å². The largest absolute Gasteiger partial charge is 0.497 e. The number of hydrogen-bond donors (Lipinski definition) is 1. The van der Waals surface area contributed by atoms with Gasteiger partial charge in [-0.15, -0.1) is 0 Å². The number of aromatic nitrogens is 1. The van der Waals surface area contributed by atoms with E-state index < -0.39 is 0 Å². The van der Waals surface area contributed by atoms with Gasteiger partial charge in [-0.25, -0.2) is 0 Å². The molecular formula is C21H25N3O3. The van der Waals surface area contributed by atoms with Crippen molar-refractivity contribution in [3.8, 4) is 5.75 Å². The van der Waals surface area contributed by atoms with E-state index in [0.717, 1.165) is 17.0 Å². The van der Waals surface area contributed by atoms with Gasteiger partial charge < -0.3 is 15.0 Å². The van der Waals surface area contributed by atoms with E-state index in [1.54, 1.807) is 25.1 Å². The third kappa shape index (κ3) is 4.64. The predicted molar refractivity (Wildman–Crippen MR) is 102 cm³/mol. The van der Waals surface area contributed by atoms with Gasteiger partial charge in [0.05, 0.1) is 18.8 Å². The van der Waals surface area contributed by atoms with Crippen LogP contribution in [0.25, 0.3) is 0 Å². The molecule has 1 unspecified atom stereocenters. The maximum Gasteiger partial charge on any atom is 0.224 e. The first-order valence-corrected chi connectivity index (χ1v) is 9.19. The number of methoxy groups -OCH3 is 1. The van der Waals surface area contributed by atoms with Crippen molar-refractivity contribution in [2.75, 3.05) is 20.2 Å². The zero-order chi connectivity index (χ0) is 19.2. The van der Waals surface area contributed by atoms with E-state index in [1.165, 1.54) is 0 Å². The van der Waals surface area contributed by atoms with Crippen molar-refractivity contribution in [2.24, 2.45) is 5.92 Å². The first-order chi connectivity index (χ1) is 13.1. The molecule has 0 spiro atoms. The van der Waals surface area contributed by atoms with Crippen molar-refractivity contribution in [1.82, 2.24) is 15.2 Å². The lowest BCUT2D eigenvalue weighted by Gasteiger charge is -2.31. The number of carbonyl (C=O) groups excluding carboxylic acids is 2. The van der Waals surface area contributed by atoms with E-state index in [4.69, 9.17) is 4.74 Å². The van der Waals surface area contributed by atoms with Crippen LogP contribution in [0.2, 0.25) is 0 Å². The molecule has 1 atom stereocenters. The average molecular weight is 367 g/mol. The van der Waals surface area contributed by atoms with E-state index in [0.29, 0.717) is 25.9 Å². The van der Waals surface area contributed by atoms with E-state index in [9.17, 15) is 9.59 Å². The number of carbonyl (C=O) groups is 2. The van der Waals surface area contributed by atoms with Gasteiger partial charge in [0.1, 0.15) is 5.75 Å². The second kappa shape index (κ2) is 8.66. The summed E-state index contributed by atoms with van der Waals surface area (Å²) in [5.41, 5.74) is 1.70. The highest BCUT2D eigenvalue weighted by molar-refractivity contribution is 5.80. The number of likely N-dealkylation sites (tertiary alicyclic amines) is 1. The Labute approximate surface area is 159 Å². The molecule has 27 heavy (non-hydrogen) atoms. The summed E-state index contributed by atoms with van der Waals surface area (Å²) in [5.74, 6) is 0.697. The Morgan fingerprint density at radius 1 is 1.19 bits per heavy atom. The van der Waals surface area contributed by atoms with Crippen molar-refractivity contribution in [3.63, 3.8) is 0 Å². The molecule has 0 saturated carbocycles. The highest BCUT2D eigenvalue weighted by Gasteiger charge is 2.28. The summed E-state index contributed by atoms with van der Waals surface area (Å²) >= 11 is 0. The summed E-state index contributed by atoms with van der Waals surface area (Å²) < 4.78 is 5.33. The van der Waals surface area contributed by atoms with Crippen molar-refractivity contribution in [2.45, 2.75) is 25.8 Å². The quantitative estimate of drug-likeness (QED) is 0.882. The molecule has 2 amide bonds. The summed E-state index contributed by atoms with van der Waals surface area (Å²) in [4.78, 5) is 30.6. The van der Waals surface area contributed by atoms with Crippen LogP contribution in [0, 0.1) is 5.92 Å². The van der Waals surface area contributed by atoms with E-state index in [-0.39, 0.29) is 23.8 Å². The average Bonchev–Trinajstić information content (AvgIpc) is 2.72. The van der Waals surface area contributed by atoms with Gasteiger partial charge in [0.15, 0.2) is 0 Å². The van der Waals surface area contributed by atoms with Gasteiger partial charge >= 0.3 is 0 Å². The Balaban J connectivity index is 1.78. The molecule has 1 aliphatic heterocycles. The minimum absolute atomic E-state index is 0.00308. The van der Waals surface area contributed by atoms with Crippen LogP contribution in [0.3, 0.4) is 0 Å². The van der Waals surface area contributed by atoms with Gasteiger partial charge in [-0.1, -0.05) is 18.2 Å². The van der Waals surface area contributed by atoms with Crippen molar-refractivity contribution in [3.05, 3.63) is 59.9 Å². The maximum atomic E-state index is 12.9. The number of ether oxygens (including phenoxy) is 1. The van der Waals surface area contributed by atoms with Crippen LogP contribution >= 0.6 is 0 Å². The van der Waals surface area contributed by atoms with Crippen LogP contribution in [0.4, 0.5) is 0 Å². The molecule has 0 aliphatic carbocycles. The number of hydrogen-bond acceptors (Lipinski definition) is 4. The van der Waals surface area contributed by atoms with Crippen molar-refractivity contribution in [1.29, 1.82) is 0 Å². The normalized spacial score (nSPS) is 15.9. The van der Waals surface area contributed by atoms with Crippen molar-refractivity contribution < 1.29 is 14.3 Å². The SMILES string of the molecule is COc1cccc(C(NC(=O)C2CCN(C(C)=O)CC2)c2ccccn2)c1. The molecule has 1 aromatic carbocycles. The van der Waals surface area contributed by atoms with Crippen LogP contribution in [-0.2, 0) is 9.59 Å². The van der Waals surface area contributed by atoms with Gasteiger partial charge in [0.2, 0.25) is 11.8 Å². The number of piperidine rings is 1. The van der Waals surface area contributed by atoms with Crippen LogP contribution in [0.5, 0.6) is 5.75 Å². The molecule has 1 N–H and O–H groups in total. The molecule has 6 heteroatoms. The second-order valence-electron chi connectivity index (χ2n) is 6.75. The molecule has 1 fully saturated rings. The molecule has 142 valence electrons. The Morgan fingerprint density at radius 3 is 2.59 bits per heavy atom. The smallest absolute Gasteiger partial charge is 0.224 e. The molecule has 1 saturated heterocycles. The fraction of sp³-hybridized carbons (Fsp3) is 0.381. The Bertz CT molecular complexity index is 786. The lowest BCUT2D eigenvalue weighted by molar-refractivity contribution is -0.134. The number of amides is 2. The molecule has 1 aromatic heterocycles. The van der Waals surface area contributed by atoms with Crippen LogP contribution < -0.4 is 10.1 Å². The summed E-state index contributed by atoms with van der Waals surface area (Å²) in [6.45, 7) is 2.82. The molecule has 3 rings (SSSR count). The van der Waals surface area contributed by atoms with Gasteiger partial charge in [0, 0.05) is 32.1 Å². The summed E-state index contributed by atoms with van der Waals surface area (Å²) in [6.07, 6.45) is 3.08.